The topological polar surface area (TPSA) is 28.5 Å². The van der Waals surface area contributed by atoms with Crippen molar-refractivity contribution >= 4 is 43.7 Å². The molecule has 0 aliphatic heterocycles. The third-order valence-electron chi connectivity index (χ3n) is 0. The SMILES string of the molecule is [Ga+3].[O-2].[Sn+4].[Zr+4]. The second-order valence-electron chi connectivity index (χ2n) is 0. The van der Waals surface area contributed by atoms with E-state index in [0.717, 1.165) is 0 Å². The van der Waals surface area contributed by atoms with Gasteiger partial charge in [-0.25, -0.2) is 0 Å². The fraction of sp³-hybridized carbons (Fsp3) is 0. The molecule has 0 aliphatic rings. The Balaban J connectivity index is 0. The summed E-state index contributed by atoms with van der Waals surface area (Å²) in [5, 5.41) is 0. The van der Waals surface area contributed by atoms with E-state index in [9.17, 15) is 0 Å². The molecule has 0 fully saturated rings. The van der Waals surface area contributed by atoms with Gasteiger partial charge < -0.3 is 5.48 Å². The average molecular weight is 296 g/mol. The van der Waals surface area contributed by atoms with Gasteiger partial charge in [0.1, 0.15) is 0 Å². The Morgan fingerprint density at radius 1 is 1.00 bits per heavy atom. The standard InChI is InChI=1S/Ga.O.Sn.Zr/q+3;-2;2*+4. The van der Waals surface area contributed by atoms with Gasteiger partial charge in [-0.3, -0.25) is 0 Å². The zero-order valence-electron chi connectivity index (χ0n) is 1.99. The first-order chi connectivity index (χ1) is 0. The molecular weight excluding hydrogens is 296 g/mol. The summed E-state index contributed by atoms with van der Waals surface area (Å²) in [4.78, 5) is 0. The van der Waals surface area contributed by atoms with Crippen molar-refractivity contribution < 1.29 is 31.7 Å². The number of hydrogen-bond acceptors (Lipinski definition) is 0. The fourth-order valence-electron chi connectivity index (χ4n) is 0. The molecule has 0 saturated carbocycles. The van der Waals surface area contributed by atoms with Crippen LogP contribution in [0, 0.1) is 0 Å². The van der Waals surface area contributed by atoms with E-state index >= 15 is 0 Å². The van der Waals surface area contributed by atoms with E-state index < -0.39 is 0 Å². The molecule has 0 spiro atoms. The Morgan fingerprint density at radius 3 is 1.00 bits per heavy atom. The molecule has 0 atom stereocenters. The minimum Gasteiger partial charge on any atom is -2.00 e. The third kappa shape index (κ3) is 8.86. The van der Waals surface area contributed by atoms with Crippen molar-refractivity contribution in [3.63, 3.8) is 0 Å². The molecule has 0 aromatic heterocycles. The van der Waals surface area contributed by atoms with Crippen molar-refractivity contribution in [3.8, 4) is 0 Å². The van der Waals surface area contributed by atoms with Crippen LogP contribution in [0.3, 0.4) is 0 Å². The molecule has 4 heavy (non-hydrogen) atoms. The largest absolute Gasteiger partial charge is 4.00 e. The van der Waals surface area contributed by atoms with Gasteiger partial charge in [0.15, 0.2) is 0 Å². The molecule has 4 heteroatoms. The summed E-state index contributed by atoms with van der Waals surface area (Å²) >= 11 is 0. The molecule has 0 N–H and O–H groups in total. The summed E-state index contributed by atoms with van der Waals surface area (Å²) in [6, 6.07) is 0. The van der Waals surface area contributed by atoms with Crippen molar-refractivity contribution in [1.82, 2.24) is 0 Å². The van der Waals surface area contributed by atoms with E-state index in [0.29, 0.717) is 0 Å². The van der Waals surface area contributed by atoms with Crippen LogP contribution in [0.1, 0.15) is 0 Å². The van der Waals surface area contributed by atoms with E-state index in [4.69, 9.17) is 0 Å². The molecule has 0 rings (SSSR count). The number of rotatable bonds is 0. The Labute approximate surface area is 74.4 Å². The molecule has 0 radical (unpaired) electrons. The van der Waals surface area contributed by atoms with Gasteiger partial charge in [-0.2, -0.15) is 0 Å². The fourth-order valence-corrected chi connectivity index (χ4v) is 0. The first-order valence-electron chi connectivity index (χ1n) is 0. The van der Waals surface area contributed by atoms with Crippen LogP contribution in [0.15, 0.2) is 0 Å². The van der Waals surface area contributed by atoms with Crippen LogP contribution in [0.4, 0.5) is 0 Å². The third-order valence-corrected chi connectivity index (χ3v) is 0. The van der Waals surface area contributed by atoms with Gasteiger partial charge in [-0.05, 0) is 0 Å². The van der Waals surface area contributed by atoms with Crippen LogP contribution >= 0.6 is 0 Å². The second-order valence-corrected chi connectivity index (χ2v) is 0. The zero-order valence-corrected chi connectivity index (χ0v) is 9.72. The molecule has 0 aromatic carbocycles. The quantitative estimate of drug-likeness (QED) is 0.519. The van der Waals surface area contributed by atoms with Gasteiger partial charge in [-0.1, -0.05) is 0 Å². The summed E-state index contributed by atoms with van der Waals surface area (Å²) in [6.45, 7) is 0. The van der Waals surface area contributed by atoms with Gasteiger partial charge >= 0.3 is 69.9 Å². The Morgan fingerprint density at radius 2 is 1.00 bits per heavy atom. The molecule has 0 heterocycles. The van der Waals surface area contributed by atoms with Crippen LogP contribution in [-0.2, 0) is 31.7 Å². The predicted molar refractivity (Wildman–Crippen MR) is 12.2 cm³/mol. The molecule has 0 aliphatic carbocycles. The van der Waals surface area contributed by atoms with Gasteiger partial charge in [0.05, 0.1) is 0 Å². The van der Waals surface area contributed by atoms with Gasteiger partial charge in [-0.15, -0.1) is 0 Å². The van der Waals surface area contributed by atoms with Gasteiger partial charge in [0.25, 0.3) is 0 Å². The summed E-state index contributed by atoms with van der Waals surface area (Å²) in [6.07, 6.45) is 0. The van der Waals surface area contributed by atoms with E-state index in [2.05, 4.69) is 0 Å². The van der Waals surface area contributed by atoms with E-state index in [-0.39, 0.29) is 75.4 Å². The second kappa shape index (κ2) is 18.6. The van der Waals surface area contributed by atoms with Crippen molar-refractivity contribution in [2.24, 2.45) is 0 Å². The molecule has 0 bridgehead atoms. The van der Waals surface area contributed by atoms with Crippen molar-refractivity contribution in [2.75, 3.05) is 0 Å². The smallest absolute Gasteiger partial charge is 2.00 e. The maximum atomic E-state index is 0. The van der Waals surface area contributed by atoms with Crippen LogP contribution in [0.5, 0.6) is 0 Å². The Hall–Kier alpha value is 2.28. The van der Waals surface area contributed by atoms with Crippen molar-refractivity contribution in [1.29, 1.82) is 0 Å². The first kappa shape index (κ1) is 33.7. The molecule has 0 unspecified atom stereocenters. The molecule has 1 nitrogen and oxygen atoms in total. The van der Waals surface area contributed by atoms with Crippen molar-refractivity contribution in [3.05, 3.63) is 0 Å². The summed E-state index contributed by atoms with van der Waals surface area (Å²) in [5.41, 5.74) is 0. The molecule has 8 valence electrons. The first-order valence-corrected chi connectivity index (χ1v) is 0. The van der Waals surface area contributed by atoms with E-state index in [1.807, 2.05) is 0 Å². The Kier molecular flexibility index (Phi) is 157. The van der Waals surface area contributed by atoms with Crippen LogP contribution in [-0.4, -0.2) is 43.7 Å². The zero-order chi connectivity index (χ0) is 0. The number of hydrogen-bond donors (Lipinski definition) is 0. The summed E-state index contributed by atoms with van der Waals surface area (Å²) < 4.78 is 0. The van der Waals surface area contributed by atoms with Crippen molar-refractivity contribution in [2.45, 2.75) is 0 Å². The summed E-state index contributed by atoms with van der Waals surface area (Å²) in [7, 11) is 0. The van der Waals surface area contributed by atoms with Gasteiger partial charge in [0, 0.05) is 0 Å². The Bertz CT molecular complexity index is 8.00. The van der Waals surface area contributed by atoms with E-state index in [1.54, 1.807) is 0 Å². The molecule has 0 aromatic rings. The monoisotopic (exact) mass is 295 g/mol. The average Bonchev–Trinajstić information content (AvgIpc) is 0. The van der Waals surface area contributed by atoms with Crippen LogP contribution in [0.25, 0.3) is 0 Å². The molecule has 0 amide bonds. The normalized spacial score (nSPS) is 0. The summed E-state index contributed by atoms with van der Waals surface area (Å²) in [5.74, 6) is 0. The molecular formula is GaOSnZr+9. The minimum absolute atomic E-state index is 0. The van der Waals surface area contributed by atoms with Crippen LogP contribution < -0.4 is 0 Å². The van der Waals surface area contributed by atoms with E-state index in [1.165, 1.54) is 0 Å². The molecule has 0 saturated heterocycles. The van der Waals surface area contributed by atoms with Gasteiger partial charge in [0.2, 0.25) is 0 Å². The predicted octanol–water partition coefficient (Wildman–Crippen LogP) is -0.883. The maximum Gasteiger partial charge on any atom is 4.00 e. The van der Waals surface area contributed by atoms with Crippen LogP contribution in [0.2, 0.25) is 0 Å². The minimum atomic E-state index is 0. The maximum absolute atomic E-state index is 0.